The van der Waals surface area contributed by atoms with Crippen molar-refractivity contribution in [2.45, 2.75) is 52.7 Å². The zero-order valence-corrected chi connectivity index (χ0v) is 12.5. The number of rotatable bonds is 4. The fraction of sp³-hybridized carbons (Fsp3) is 0.625. The van der Waals surface area contributed by atoms with E-state index < -0.39 is 0 Å². The lowest BCUT2D eigenvalue weighted by atomic mass is 10.0. The average molecular weight is 262 g/mol. The van der Waals surface area contributed by atoms with Crippen LogP contribution in [-0.2, 0) is 0 Å². The van der Waals surface area contributed by atoms with Gasteiger partial charge in [-0.05, 0) is 44.7 Å². The van der Waals surface area contributed by atoms with Gasteiger partial charge in [0.25, 0.3) is 0 Å². The SMILES string of the molecule is CC(C)Oc1cccc(N2CCCC2C(C)C)c1N. The molecule has 1 aromatic carbocycles. The van der Waals surface area contributed by atoms with Gasteiger partial charge >= 0.3 is 0 Å². The average Bonchev–Trinajstić information content (AvgIpc) is 2.80. The lowest BCUT2D eigenvalue weighted by Crippen LogP contribution is -2.33. The van der Waals surface area contributed by atoms with Gasteiger partial charge in [-0.15, -0.1) is 0 Å². The first-order valence-electron chi connectivity index (χ1n) is 7.32. The highest BCUT2D eigenvalue weighted by Crippen LogP contribution is 2.38. The predicted octanol–water partition coefficient (Wildman–Crippen LogP) is 3.68. The van der Waals surface area contributed by atoms with Crippen molar-refractivity contribution in [3.8, 4) is 5.75 Å². The van der Waals surface area contributed by atoms with Crippen LogP contribution in [0.4, 0.5) is 11.4 Å². The quantitative estimate of drug-likeness (QED) is 0.841. The third-order valence-corrected chi connectivity index (χ3v) is 3.78. The summed E-state index contributed by atoms with van der Waals surface area (Å²) in [5.41, 5.74) is 8.22. The Bertz CT molecular complexity index is 429. The first-order valence-corrected chi connectivity index (χ1v) is 7.32. The number of nitrogens with two attached hydrogens (primary N) is 1. The van der Waals surface area contributed by atoms with E-state index >= 15 is 0 Å². The molecule has 19 heavy (non-hydrogen) atoms. The highest BCUT2D eigenvalue weighted by molar-refractivity contribution is 5.74. The van der Waals surface area contributed by atoms with Crippen LogP contribution in [0.5, 0.6) is 5.75 Å². The molecule has 0 bridgehead atoms. The standard InChI is InChI=1S/C16H26N2O/c1-11(2)13-8-6-10-18(13)14-7-5-9-15(16(14)17)19-12(3)4/h5,7,9,11-13H,6,8,10,17H2,1-4H3. The Labute approximate surface area is 116 Å². The molecule has 3 heteroatoms. The van der Waals surface area contributed by atoms with Crippen molar-refractivity contribution in [3.05, 3.63) is 18.2 Å². The Balaban J connectivity index is 2.29. The van der Waals surface area contributed by atoms with Crippen molar-refractivity contribution >= 4 is 11.4 Å². The molecule has 0 spiro atoms. The Morgan fingerprint density at radius 2 is 2.00 bits per heavy atom. The molecule has 0 radical (unpaired) electrons. The van der Waals surface area contributed by atoms with Crippen LogP contribution >= 0.6 is 0 Å². The normalized spacial score (nSPS) is 19.5. The van der Waals surface area contributed by atoms with Crippen LogP contribution in [-0.4, -0.2) is 18.7 Å². The molecule has 0 saturated carbocycles. The minimum Gasteiger partial charge on any atom is -0.489 e. The predicted molar refractivity (Wildman–Crippen MR) is 81.8 cm³/mol. The maximum atomic E-state index is 6.31. The van der Waals surface area contributed by atoms with Crippen molar-refractivity contribution in [2.75, 3.05) is 17.2 Å². The molecule has 1 heterocycles. The van der Waals surface area contributed by atoms with Gasteiger partial charge in [-0.3, -0.25) is 0 Å². The van der Waals surface area contributed by atoms with Crippen LogP contribution in [0.1, 0.15) is 40.5 Å². The fourth-order valence-electron chi connectivity index (χ4n) is 2.92. The molecular formula is C16H26N2O. The second-order valence-corrected chi connectivity index (χ2v) is 6.00. The number of anilines is 2. The molecule has 1 aliphatic heterocycles. The van der Waals surface area contributed by atoms with Crippen LogP contribution in [0.2, 0.25) is 0 Å². The number of para-hydroxylation sites is 1. The molecule has 2 N–H and O–H groups in total. The van der Waals surface area contributed by atoms with Crippen LogP contribution in [0.25, 0.3) is 0 Å². The summed E-state index contributed by atoms with van der Waals surface area (Å²) in [6, 6.07) is 6.71. The molecule has 1 aromatic rings. The Morgan fingerprint density at radius 3 is 2.63 bits per heavy atom. The summed E-state index contributed by atoms with van der Waals surface area (Å²) in [4.78, 5) is 2.45. The highest BCUT2D eigenvalue weighted by Gasteiger charge is 2.28. The van der Waals surface area contributed by atoms with E-state index in [2.05, 4.69) is 24.8 Å². The Kier molecular flexibility index (Phi) is 4.23. The maximum absolute atomic E-state index is 6.31. The first kappa shape index (κ1) is 14.0. The number of ether oxygens (including phenoxy) is 1. The minimum atomic E-state index is 0.150. The Hall–Kier alpha value is -1.38. The van der Waals surface area contributed by atoms with Crippen molar-refractivity contribution < 1.29 is 4.74 Å². The summed E-state index contributed by atoms with van der Waals surface area (Å²) in [7, 11) is 0. The van der Waals surface area contributed by atoms with Gasteiger partial charge in [0.05, 0.1) is 17.5 Å². The number of hydrogen-bond donors (Lipinski definition) is 1. The number of nitrogens with zero attached hydrogens (tertiary/aromatic N) is 1. The molecule has 0 amide bonds. The summed E-state index contributed by atoms with van der Waals surface area (Å²) in [5, 5.41) is 0. The van der Waals surface area contributed by atoms with E-state index in [9.17, 15) is 0 Å². The summed E-state index contributed by atoms with van der Waals surface area (Å²) < 4.78 is 5.79. The second-order valence-electron chi connectivity index (χ2n) is 6.00. The summed E-state index contributed by atoms with van der Waals surface area (Å²) in [5.74, 6) is 1.46. The molecule has 1 saturated heterocycles. The molecule has 1 atom stereocenters. The Morgan fingerprint density at radius 1 is 1.26 bits per heavy atom. The maximum Gasteiger partial charge on any atom is 0.144 e. The smallest absolute Gasteiger partial charge is 0.144 e. The van der Waals surface area contributed by atoms with E-state index in [1.807, 2.05) is 26.0 Å². The molecule has 2 rings (SSSR count). The monoisotopic (exact) mass is 262 g/mol. The van der Waals surface area contributed by atoms with E-state index in [1.54, 1.807) is 0 Å². The van der Waals surface area contributed by atoms with Gasteiger partial charge in [0.15, 0.2) is 0 Å². The van der Waals surface area contributed by atoms with Gasteiger partial charge in [0, 0.05) is 12.6 Å². The van der Waals surface area contributed by atoms with E-state index in [-0.39, 0.29) is 6.10 Å². The molecule has 1 unspecified atom stereocenters. The van der Waals surface area contributed by atoms with Gasteiger partial charge in [-0.2, -0.15) is 0 Å². The number of nitrogen functional groups attached to an aromatic ring is 1. The van der Waals surface area contributed by atoms with E-state index in [1.165, 1.54) is 12.8 Å². The lowest BCUT2D eigenvalue weighted by Gasteiger charge is -2.31. The van der Waals surface area contributed by atoms with Gasteiger partial charge in [-0.1, -0.05) is 19.9 Å². The topological polar surface area (TPSA) is 38.5 Å². The second kappa shape index (κ2) is 5.72. The molecule has 1 fully saturated rings. The van der Waals surface area contributed by atoms with Crippen molar-refractivity contribution in [2.24, 2.45) is 5.92 Å². The van der Waals surface area contributed by atoms with Gasteiger partial charge < -0.3 is 15.4 Å². The van der Waals surface area contributed by atoms with Crippen LogP contribution < -0.4 is 15.4 Å². The van der Waals surface area contributed by atoms with E-state index in [4.69, 9.17) is 10.5 Å². The molecular weight excluding hydrogens is 236 g/mol. The van der Waals surface area contributed by atoms with E-state index in [0.29, 0.717) is 12.0 Å². The lowest BCUT2D eigenvalue weighted by molar-refractivity contribution is 0.244. The third kappa shape index (κ3) is 2.96. The zero-order valence-electron chi connectivity index (χ0n) is 12.5. The first-order chi connectivity index (χ1) is 9.00. The van der Waals surface area contributed by atoms with Gasteiger partial charge in [0.1, 0.15) is 5.75 Å². The van der Waals surface area contributed by atoms with Crippen molar-refractivity contribution in [3.63, 3.8) is 0 Å². The number of benzene rings is 1. The minimum absolute atomic E-state index is 0.150. The van der Waals surface area contributed by atoms with Gasteiger partial charge in [-0.25, -0.2) is 0 Å². The summed E-state index contributed by atoms with van der Waals surface area (Å²) >= 11 is 0. The molecule has 1 aliphatic rings. The zero-order chi connectivity index (χ0) is 14.0. The fourth-order valence-corrected chi connectivity index (χ4v) is 2.92. The molecule has 0 aliphatic carbocycles. The van der Waals surface area contributed by atoms with Crippen molar-refractivity contribution in [1.82, 2.24) is 0 Å². The largest absolute Gasteiger partial charge is 0.489 e. The van der Waals surface area contributed by atoms with Gasteiger partial charge in [0.2, 0.25) is 0 Å². The number of hydrogen-bond acceptors (Lipinski definition) is 3. The molecule has 106 valence electrons. The van der Waals surface area contributed by atoms with E-state index in [0.717, 1.165) is 23.7 Å². The third-order valence-electron chi connectivity index (χ3n) is 3.78. The van der Waals surface area contributed by atoms with Crippen LogP contribution in [0.15, 0.2) is 18.2 Å². The molecule has 3 nitrogen and oxygen atoms in total. The summed E-state index contributed by atoms with van der Waals surface area (Å²) in [6.45, 7) is 9.72. The van der Waals surface area contributed by atoms with Crippen LogP contribution in [0.3, 0.4) is 0 Å². The summed E-state index contributed by atoms with van der Waals surface area (Å²) in [6.07, 6.45) is 2.65. The highest BCUT2D eigenvalue weighted by atomic mass is 16.5. The molecule has 0 aromatic heterocycles. The van der Waals surface area contributed by atoms with Crippen LogP contribution in [0, 0.1) is 5.92 Å². The van der Waals surface area contributed by atoms with Crippen molar-refractivity contribution in [1.29, 1.82) is 0 Å².